The van der Waals surface area contributed by atoms with Gasteiger partial charge in [-0.1, -0.05) is 35.5 Å². The molecular formula is C18H21N3O4S. The van der Waals surface area contributed by atoms with Gasteiger partial charge in [0.1, 0.15) is 17.2 Å². The van der Waals surface area contributed by atoms with Gasteiger partial charge in [0.05, 0.1) is 12.1 Å². The number of nitrogens with zero attached hydrogens (tertiary/aromatic N) is 3. The summed E-state index contributed by atoms with van der Waals surface area (Å²) in [5.41, 5.74) is 0.181. The number of hydrogen-bond donors (Lipinski definition) is 0. The summed E-state index contributed by atoms with van der Waals surface area (Å²) in [6.45, 7) is 6.90. The van der Waals surface area contributed by atoms with E-state index in [9.17, 15) is 13.2 Å². The standard InChI is InChI=1S/C18H21N3O4S/c1-12-10-14(20-25-12)11-19-15-16(13-8-6-5-7-9-13)26(23,24)21(17(15)22)18(2,3)4/h5-10,16H,11H2,1-4H3. The smallest absolute Gasteiger partial charge is 0.283 e. The van der Waals surface area contributed by atoms with E-state index in [1.807, 2.05) is 0 Å². The molecule has 0 aliphatic carbocycles. The third-order valence-corrected chi connectivity index (χ3v) is 6.32. The van der Waals surface area contributed by atoms with Gasteiger partial charge in [-0.2, -0.15) is 0 Å². The van der Waals surface area contributed by atoms with Crippen molar-refractivity contribution in [3.05, 3.63) is 53.4 Å². The van der Waals surface area contributed by atoms with E-state index in [-0.39, 0.29) is 12.3 Å². The number of amides is 1. The van der Waals surface area contributed by atoms with Crippen molar-refractivity contribution in [2.75, 3.05) is 0 Å². The van der Waals surface area contributed by atoms with Crippen LogP contribution in [0, 0.1) is 6.92 Å². The second-order valence-electron chi connectivity index (χ2n) is 7.21. The second kappa shape index (κ2) is 6.35. The van der Waals surface area contributed by atoms with Gasteiger partial charge in [0, 0.05) is 6.07 Å². The van der Waals surface area contributed by atoms with Gasteiger partial charge in [-0.25, -0.2) is 12.7 Å². The van der Waals surface area contributed by atoms with Crippen LogP contribution in [0.2, 0.25) is 0 Å². The Bertz CT molecular complexity index is 956. The van der Waals surface area contributed by atoms with Crippen LogP contribution in [0.1, 0.15) is 43.0 Å². The highest BCUT2D eigenvalue weighted by atomic mass is 32.2. The van der Waals surface area contributed by atoms with Crippen molar-refractivity contribution >= 4 is 21.6 Å². The van der Waals surface area contributed by atoms with Crippen LogP contribution in [-0.2, 0) is 21.4 Å². The van der Waals surface area contributed by atoms with E-state index in [2.05, 4.69) is 10.1 Å². The maximum atomic E-state index is 13.2. The lowest BCUT2D eigenvalue weighted by Gasteiger charge is -2.30. The number of carbonyl (C=O) groups is 1. The average molecular weight is 375 g/mol. The number of carbonyl (C=O) groups excluding carboxylic acids is 1. The Kier molecular flexibility index (Phi) is 4.47. The highest BCUT2D eigenvalue weighted by molar-refractivity contribution is 7.91. The molecule has 26 heavy (non-hydrogen) atoms. The van der Waals surface area contributed by atoms with Gasteiger partial charge in [0.25, 0.3) is 15.9 Å². The maximum absolute atomic E-state index is 13.2. The number of aryl methyl sites for hydroxylation is 1. The van der Waals surface area contributed by atoms with Crippen molar-refractivity contribution in [1.29, 1.82) is 0 Å². The van der Waals surface area contributed by atoms with E-state index in [0.29, 0.717) is 17.0 Å². The first-order chi connectivity index (χ1) is 12.1. The molecule has 0 bridgehead atoms. The summed E-state index contributed by atoms with van der Waals surface area (Å²) in [6, 6.07) is 10.4. The Labute approximate surface area is 152 Å². The zero-order valence-corrected chi connectivity index (χ0v) is 15.9. The van der Waals surface area contributed by atoms with Crippen LogP contribution in [0.3, 0.4) is 0 Å². The predicted octanol–water partition coefficient (Wildman–Crippen LogP) is 2.64. The van der Waals surface area contributed by atoms with Crippen LogP contribution in [0.4, 0.5) is 0 Å². The van der Waals surface area contributed by atoms with Crippen LogP contribution in [0.25, 0.3) is 0 Å². The molecule has 2 aromatic rings. The number of aliphatic imine (C=N–C) groups is 1. The fourth-order valence-electron chi connectivity index (χ4n) is 3.03. The lowest BCUT2D eigenvalue weighted by Crippen LogP contribution is -2.45. The largest absolute Gasteiger partial charge is 0.361 e. The Balaban J connectivity index is 2.11. The molecule has 1 aromatic heterocycles. The molecule has 0 N–H and O–H groups in total. The minimum absolute atomic E-state index is 0.00628. The summed E-state index contributed by atoms with van der Waals surface area (Å²) in [6.07, 6.45) is 0. The molecule has 1 saturated heterocycles. The summed E-state index contributed by atoms with van der Waals surface area (Å²) in [5, 5.41) is 2.73. The number of benzene rings is 1. The summed E-state index contributed by atoms with van der Waals surface area (Å²) in [5.74, 6) is 0.0352. The number of aromatic nitrogens is 1. The molecular weight excluding hydrogens is 354 g/mol. The van der Waals surface area contributed by atoms with E-state index in [1.165, 1.54) is 0 Å². The van der Waals surface area contributed by atoms with Crippen LogP contribution in [0.15, 0.2) is 45.9 Å². The van der Waals surface area contributed by atoms with Gasteiger partial charge >= 0.3 is 0 Å². The molecule has 1 amide bonds. The van der Waals surface area contributed by atoms with Gasteiger partial charge in [0.15, 0.2) is 5.25 Å². The zero-order chi connectivity index (χ0) is 19.1. The predicted molar refractivity (Wildman–Crippen MR) is 97.1 cm³/mol. The third-order valence-electron chi connectivity index (χ3n) is 4.00. The highest BCUT2D eigenvalue weighted by Gasteiger charge is 2.54. The normalized spacial score (nSPS) is 21.5. The van der Waals surface area contributed by atoms with Crippen LogP contribution >= 0.6 is 0 Å². The number of hydrogen-bond acceptors (Lipinski definition) is 6. The van der Waals surface area contributed by atoms with Gasteiger partial charge in [-0.05, 0) is 33.3 Å². The molecule has 1 aromatic carbocycles. The fraction of sp³-hybridized carbons (Fsp3) is 0.389. The van der Waals surface area contributed by atoms with E-state index in [4.69, 9.17) is 4.52 Å². The highest BCUT2D eigenvalue weighted by Crippen LogP contribution is 2.38. The van der Waals surface area contributed by atoms with E-state index >= 15 is 0 Å². The molecule has 1 atom stereocenters. The molecule has 0 radical (unpaired) electrons. The Morgan fingerprint density at radius 2 is 1.88 bits per heavy atom. The molecule has 138 valence electrons. The topological polar surface area (TPSA) is 92.8 Å². The van der Waals surface area contributed by atoms with E-state index in [0.717, 1.165) is 4.31 Å². The molecule has 1 unspecified atom stereocenters. The molecule has 1 aliphatic heterocycles. The average Bonchev–Trinajstić information content (AvgIpc) is 3.03. The molecule has 3 rings (SSSR count). The van der Waals surface area contributed by atoms with Crippen molar-refractivity contribution in [1.82, 2.24) is 9.46 Å². The second-order valence-corrected chi connectivity index (χ2v) is 9.07. The SMILES string of the molecule is Cc1cc(CN=C2C(=O)N(C(C)(C)C)S(=O)(=O)C2c2ccccc2)no1. The van der Waals surface area contributed by atoms with Gasteiger partial charge in [0.2, 0.25) is 0 Å². The molecule has 8 heteroatoms. The molecule has 0 saturated carbocycles. The van der Waals surface area contributed by atoms with Gasteiger partial charge in [-0.15, -0.1) is 0 Å². The Morgan fingerprint density at radius 3 is 2.42 bits per heavy atom. The monoisotopic (exact) mass is 375 g/mol. The quantitative estimate of drug-likeness (QED) is 0.822. The van der Waals surface area contributed by atoms with Crippen molar-refractivity contribution < 1.29 is 17.7 Å². The first-order valence-corrected chi connectivity index (χ1v) is 9.73. The number of sulfonamides is 1. The molecule has 7 nitrogen and oxygen atoms in total. The van der Waals surface area contributed by atoms with Gasteiger partial charge in [-0.3, -0.25) is 9.79 Å². The summed E-state index contributed by atoms with van der Waals surface area (Å²) >= 11 is 0. The van der Waals surface area contributed by atoms with Crippen molar-refractivity contribution in [3.63, 3.8) is 0 Å². The minimum Gasteiger partial charge on any atom is -0.361 e. The maximum Gasteiger partial charge on any atom is 0.283 e. The fourth-order valence-corrected chi connectivity index (χ4v) is 5.29. The summed E-state index contributed by atoms with van der Waals surface area (Å²) in [7, 11) is -3.93. The van der Waals surface area contributed by atoms with Crippen molar-refractivity contribution in [2.24, 2.45) is 4.99 Å². The Morgan fingerprint density at radius 1 is 1.23 bits per heavy atom. The summed E-state index contributed by atoms with van der Waals surface area (Å²) in [4.78, 5) is 17.3. The van der Waals surface area contributed by atoms with Crippen LogP contribution in [0.5, 0.6) is 0 Å². The third kappa shape index (κ3) is 3.16. The zero-order valence-electron chi connectivity index (χ0n) is 15.1. The number of rotatable bonds is 3. The van der Waals surface area contributed by atoms with Gasteiger partial charge < -0.3 is 4.52 Å². The first-order valence-electron chi connectivity index (χ1n) is 8.22. The lowest BCUT2D eigenvalue weighted by atomic mass is 10.1. The van der Waals surface area contributed by atoms with E-state index < -0.39 is 26.7 Å². The molecule has 1 aliphatic rings. The molecule has 2 heterocycles. The minimum atomic E-state index is -3.93. The Hall–Kier alpha value is -2.48. The first kappa shape index (κ1) is 18.3. The lowest BCUT2D eigenvalue weighted by molar-refractivity contribution is -0.122. The van der Waals surface area contributed by atoms with Crippen LogP contribution in [-0.4, -0.2) is 35.0 Å². The van der Waals surface area contributed by atoms with Crippen LogP contribution < -0.4 is 0 Å². The van der Waals surface area contributed by atoms with Crippen molar-refractivity contribution in [2.45, 2.75) is 45.0 Å². The molecule has 0 spiro atoms. The van der Waals surface area contributed by atoms with Crippen molar-refractivity contribution in [3.8, 4) is 0 Å². The molecule has 1 fully saturated rings. The summed E-state index contributed by atoms with van der Waals surface area (Å²) < 4.78 is 32.3. The van der Waals surface area contributed by atoms with E-state index in [1.54, 1.807) is 64.1 Å².